The zero-order chi connectivity index (χ0) is 19.3. The minimum Gasteiger partial charge on any atom is -0.310 e. The molecule has 0 unspecified atom stereocenters. The third-order valence-electron chi connectivity index (χ3n) is 5.33. The van der Waals surface area contributed by atoms with Crippen molar-refractivity contribution in [2.24, 2.45) is 0 Å². The zero-order valence-corrected chi connectivity index (χ0v) is 15.3. The molecular formula is C23H18FN3O. The van der Waals surface area contributed by atoms with Gasteiger partial charge in [0.2, 0.25) is 5.91 Å². The summed E-state index contributed by atoms with van der Waals surface area (Å²) in [7, 11) is 0. The first-order chi connectivity index (χ1) is 13.6. The van der Waals surface area contributed by atoms with Crippen molar-refractivity contribution >= 4 is 22.5 Å². The van der Waals surface area contributed by atoms with Crippen LogP contribution in [0.5, 0.6) is 0 Å². The van der Waals surface area contributed by atoms with Crippen molar-refractivity contribution in [3.63, 3.8) is 0 Å². The van der Waals surface area contributed by atoms with Gasteiger partial charge in [-0.15, -0.1) is 0 Å². The zero-order valence-electron chi connectivity index (χ0n) is 15.3. The number of aryl methyl sites for hydroxylation is 1. The largest absolute Gasteiger partial charge is 0.310 e. The molecule has 1 aromatic heterocycles. The molecule has 0 aliphatic carbocycles. The van der Waals surface area contributed by atoms with Crippen LogP contribution in [-0.2, 0) is 4.79 Å². The molecule has 5 heteroatoms. The van der Waals surface area contributed by atoms with E-state index in [2.05, 4.69) is 40.7 Å². The second kappa shape index (κ2) is 6.30. The molecule has 0 fully saturated rings. The smallest absolute Gasteiger partial charge is 0.226 e. The molecule has 0 bridgehead atoms. The van der Waals surface area contributed by atoms with Crippen LogP contribution in [0.2, 0.25) is 0 Å². The number of hydrogen-bond donors (Lipinski definition) is 1. The predicted molar refractivity (Wildman–Crippen MR) is 107 cm³/mol. The lowest BCUT2D eigenvalue weighted by molar-refractivity contribution is -0.116. The van der Waals surface area contributed by atoms with E-state index in [-0.39, 0.29) is 17.6 Å². The minimum absolute atomic E-state index is 0.0665. The monoisotopic (exact) mass is 371 g/mol. The average molecular weight is 371 g/mol. The first kappa shape index (κ1) is 16.7. The molecule has 2 heterocycles. The highest BCUT2D eigenvalue weighted by molar-refractivity contribution is 5.95. The number of halogens is 1. The van der Waals surface area contributed by atoms with E-state index in [4.69, 9.17) is 0 Å². The van der Waals surface area contributed by atoms with Gasteiger partial charge in [-0.1, -0.05) is 48.5 Å². The summed E-state index contributed by atoms with van der Waals surface area (Å²) >= 11 is 0. The van der Waals surface area contributed by atoms with Crippen LogP contribution in [0.3, 0.4) is 0 Å². The summed E-state index contributed by atoms with van der Waals surface area (Å²) in [6.45, 7) is 1.93. The van der Waals surface area contributed by atoms with Gasteiger partial charge < -0.3 is 5.32 Å². The Bertz CT molecular complexity index is 1230. The second-order valence-corrected chi connectivity index (χ2v) is 7.15. The van der Waals surface area contributed by atoms with E-state index in [1.807, 2.05) is 19.1 Å². The average Bonchev–Trinajstić information content (AvgIpc) is 3.03. The summed E-state index contributed by atoms with van der Waals surface area (Å²) in [5, 5.41) is 9.86. The van der Waals surface area contributed by atoms with Gasteiger partial charge in [-0.25, -0.2) is 9.07 Å². The molecule has 0 spiro atoms. The van der Waals surface area contributed by atoms with E-state index in [1.54, 1.807) is 16.8 Å². The predicted octanol–water partition coefficient (Wildman–Crippen LogP) is 4.95. The molecule has 1 aliphatic rings. The van der Waals surface area contributed by atoms with Crippen molar-refractivity contribution in [2.45, 2.75) is 19.3 Å². The van der Waals surface area contributed by atoms with Gasteiger partial charge in [-0.05, 0) is 41.5 Å². The number of carbonyl (C=O) groups is 1. The molecule has 4 nitrogen and oxygen atoms in total. The number of aromatic nitrogens is 2. The molecule has 1 N–H and O–H groups in total. The molecule has 0 saturated carbocycles. The van der Waals surface area contributed by atoms with Crippen LogP contribution in [-0.4, -0.2) is 15.7 Å². The SMILES string of the molecule is Cc1nn(-c2cccc(F)c2)c2c1[C@@H](c1ccc3ccccc3c1)CC(=O)N2. The van der Waals surface area contributed by atoms with Gasteiger partial charge >= 0.3 is 0 Å². The van der Waals surface area contributed by atoms with E-state index in [0.717, 1.165) is 22.2 Å². The Labute approximate surface area is 161 Å². The lowest BCUT2D eigenvalue weighted by Gasteiger charge is -2.24. The van der Waals surface area contributed by atoms with Crippen LogP contribution in [0.25, 0.3) is 16.5 Å². The fourth-order valence-electron chi connectivity index (χ4n) is 4.05. The fourth-order valence-corrected chi connectivity index (χ4v) is 4.05. The quantitative estimate of drug-likeness (QED) is 0.542. The Morgan fingerprint density at radius 1 is 1.04 bits per heavy atom. The summed E-state index contributed by atoms with van der Waals surface area (Å²) in [6, 6.07) is 20.7. The molecule has 1 aliphatic heterocycles. The number of fused-ring (bicyclic) bond motifs is 2. The number of carbonyl (C=O) groups excluding carboxylic acids is 1. The van der Waals surface area contributed by atoms with Gasteiger partial charge in [0.15, 0.2) is 0 Å². The summed E-state index contributed by atoms with van der Waals surface area (Å²) in [4.78, 5) is 12.5. The van der Waals surface area contributed by atoms with Gasteiger partial charge in [-0.3, -0.25) is 4.79 Å². The Morgan fingerprint density at radius 2 is 1.86 bits per heavy atom. The number of nitrogens with zero attached hydrogens (tertiary/aromatic N) is 2. The molecule has 0 radical (unpaired) electrons. The molecular weight excluding hydrogens is 353 g/mol. The topological polar surface area (TPSA) is 46.9 Å². The lowest BCUT2D eigenvalue weighted by atomic mass is 9.85. The highest BCUT2D eigenvalue weighted by atomic mass is 19.1. The lowest BCUT2D eigenvalue weighted by Crippen LogP contribution is -2.25. The third kappa shape index (κ3) is 2.67. The van der Waals surface area contributed by atoms with Gasteiger partial charge in [0, 0.05) is 17.9 Å². The van der Waals surface area contributed by atoms with Gasteiger partial charge in [0.25, 0.3) is 0 Å². The number of rotatable bonds is 2. The van der Waals surface area contributed by atoms with Crippen LogP contribution >= 0.6 is 0 Å². The Kier molecular flexibility index (Phi) is 3.76. The number of amides is 1. The van der Waals surface area contributed by atoms with Crippen LogP contribution in [0.15, 0.2) is 66.7 Å². The molecule has 1 atom stereocenters. The number of hydrogen-bond acceptors (Lipinski definition) is 2. The maximum atomic E-state index is 13.7. The fraction of sp³-hybridized carbons (Fsp3) is 0.130. The van der Waals surface area contributed by atoms with Crippen molar-refractivity contribution < 1.29 is 9.18 Å². The van der Waals surface area contributed by atoms with Gasteiger partial charge in [0.1, 0.15) is 11.6 Å². The van der Waals surface area contributed by atoms with E-state index >= 15 is 0 Å². The molecule has 138 valence electrons. The van der Waals surface area contributed by atoms with Crippen molar-refractivity contribution in [3.8, 4) is 5.69 Å². The van der Waals surface area contributed by atoms with Crippen molar-refractivity contribution in [1.82, 2.24) is 9.78 Å². The summed E-state index contributed by atoms with van der Waals surface area (Å²) < 4.78 is 15.4. The first-order valence-electron chi connectivity index (χ1n) is 9.24. The summed E-state index contributed by atoms with van der Waals surface area (Å²) in [6.07, 6.45) is 0.362. The Morgan fingerprint density at radius 3 is 2.68 bits per heavy atom. The van der Waals surface area contributed by atoms with E-state index in [0.29, 0.717) is 17.9 Å². The van der Waals surface area contributed by atoms with E-state index in [9.17, 15) is 9.18 Å². The number of nitrogens with one attached hydrogen (secondary N) is 1. The van der Waals surface area contributed by atoms with Crippen LogP contribution in [0.1, 0.15) is 29.2 Å². The van der Waals surface area contributed by atoms with Gasteiger partial charge in [-0.2, -0.15) is 5.10 Å². The molecule has 1 amide bonds. The molecule has 4 aromatic rings. The van der Waals surface area contributed by atoms with E-state index < -0.39 is 0 Å². The standard InChI is InChI=1S/C23H18FN3O/c1-14-22-20(17-10-9-15-5-2-3-6-16(15)11-17)13-21(28)25-23(22)27(26-14)19-8-4-7-18(24)12-19/h2-12,20H,13H2,1H3,(H,25,28)/t20-/m1/s1. The van der Waals surface area contributed by atoms with Crippen LogP contribution < -0.4 is 5.32 Å². The van der Waals surface area contributed by atoms with Gasteiger partial charge in [0.05, 0.1) is 11.4 Å². The Balaban J connectivity index is 1.68. The highest BCUT2D eigenvalue weighted by Gasteiger charge is 2.32. The second-order valence-electron chi connectivity index (χ2n) is 7.15. The summed E-state index contributed by atoms with van der Waals surface area (Å²) in [5.41, 5.74) is 3.48. The molecule has 5 rings (SSSR count). The summed E-state index contributed by atoms with van der Waals surface area (Å²) in [5.74, 6) is 0.129. The van der Waals surface area contributed by atoms with Crippen LogP contribution in [0, 0.1) is 12.7 Å². The van der Waals surface area contributed by atoms with Crippen molar-refractivity contribution in [1.29, 1.82) is 0 Å². The number of anilines is 1. The normalized spacial score (nSPS) is 16.1. The molecule has 28 heavy (non-hydrogen) atoms. The van der Waals surface area contributed by atoms with Crippen LogP contribution in [0.4, 0.5) is 10.2 Å². The highest BCUT2D eigenvalue weighted by Crippen LogP contribution is 2.40. The maximum Gasteiger partial charge on any atom is 0.226 e. The molecule has 3 aromatic carbocycles. The Hall–Kier alpha value is -3.47. The van der Waals surface area contributed by atoms with E-state index in [1.165, 1.54) is 17.5 Å². The minimum atomic E-state index is -0.340. The number of benzene rings is 3. The van der Waals surface area contributed by atoms with Crippen molar-refractivity contribution in [3.05, 3.63) is 89.4 Å². The maximum absolute atomic E-state index is 13.7. The van der Waals surface area contributed by atoms with Crippen molar-refractivity contribution in [2.75, 3.05) is 5.32 Å². The molecule has 0 saturated heterocycles. The third-order valence-corrected chi connectivity index (χ3v) is 5.33. The first-order valence-corrected chi connectivity index (χ1v) is 9.24.